The van der Waals surface area contributed by atoms with Crippen LogP contribution in [0.15, 0.2) is 0 Å². The molecule has 3 N–H and O–H groups in total. The molecule has 0 atom stereocenters. The Morgan fingerprint density at radius 1 is 1.20 bits per heavy atom. The predicted octanol–water partition coefficient (Wildman–Crippen LogP) is -0.284. The zero-order chi connectivity index (χ0) is 11.1. The first-order valence-electron chi connectivity index (χ1n) is 4.68. The number of nitrogens with one attached hydrogen (secondary N) is 2. The normalized spacial score (nSPS) is 9.80. The van der Waals surface area contributed by atoms with Gasteiger partial charge >= 0.3 is 6.01 Å². The smallest absolute Gasteiger partial charge is 0.322 e. The highest BCUT2D eigenvalue weighted by molar-refractivity contribution is 5.35. The van der Waals surface area contributed by atoms with Gasteiger partial charge in [0.1, 0.15) is 0 Å². The quantitative estimate of drug-likeness (QED) is 0.598. The van der Waals surface area contributed by atoms with Gasteiger partial charge in [-0.3, -0.25) is 0 Å². The lowest BCUT2D eigenvalue weighted by atomic mass is 10.7. The average Bonchev–Trinajstić information content (AvgIpc) is 2.26. The summed E-state index contributed by atoms with van der Waals surface area (Å²) in [6.07, 6.45) is 0. The van der Waals surface area contributed by atoms with Crippen LogP contribution in [0.2, 0.25) is 0 Å². The number of aliphatic hydroxyl groups is 1. The van der Waals surface area contributed by atoms with E-state index >= 15 is 0 Å². The second kappa shape index (κ2) is 5.97. The van der Waals surface area contributed by atoms with Gasteiger partial charge in [-0.15, -0.1) is 0 Å². The van der Waals surface area contributed by atoms with Gasteiger partial charge in [-0.05, 0) is 6.92 Å². The van der Waals surface area contributed by atoms with E-state index in [9.17, 15) is 0 Å². The van der Waals surface area contributed by atoms with Crippen LogP contribution in [-0.4, -0.2) is 46.9 Å². The van der Waals surface area contributed by atoms with Crippen LogP contribution in [0.25, 0.3) is 0 Å². The number of aliphatic hydroxyl groups excluding tert-OH is 1. The Labute approximate surface area is 87.9 Å². The molecule has 0 aliphatic heterocycles. The van der Waals surface area contributed by atoms with Crippen LogP contribution in [0.5, 0.6) is 6.01 Å². The fourth-order valence-corrected chi connectivity index (χ4v) is 0.932. The minimum Gasteiger partial charge on any atom is -0.467 e. The van der Waals surface area contributed by atoms with E-state index in [0.29, 0.717) is 25.0 Å². The van der Waals surface area contributed by atoms with E-state index in [2.05, 4.69) is 25.6 Å². The van der Waals surface area contributed by atoms with E-state index in [0.717, 1.165) is 0 Å². The number of ether oxygens (including phenoxy) is 1. The van der Waals surface area contributed by atoms with Gasteiger partial charge in [-0.25, -0.2) is 0 Å². The van der Waals surface area contributed by atoms with Crippen molar-refractivity contribution in [3.63, 3.8) is 0 Å². The predicted molar refractivity (Wildman–Crippen MR) is 56.1 cm³/mol. The highest BCUT2D eigenvalue weighted by Crippen LogP contribution is 2.09. The molecule has 1 rings (SSSR count). The van der Waals surface area contributed by atoms with Crippen LogP contribution >= 0.6 is 0 Å². The molecule has 0 amide bonds. The fraction of sp³-hybridized carbons (Fsp3) is 0.625. The number of aromatic nitrogens is 3. The number of methoxy groups -OCH3 is 1. The molecule has 0 spiro atoms. The fourth-order valence-electron chi connectivity index (χ4n) is 0.932. The molecule has 15 heavy (non-hydrogen) atoms. The molecule has 0 fully saturated rings. The molecule has 0 saturated heterocycles. The molecule has 0 aromatic carbocycles. The maximum absolute atomic E-state index is 8.65. The molecular weight excluding hydrogens is 198 g/mol. The Kier molecular flexibility index (Phi) is 4.55. The van der Waals surface area contributed by atoms with Crippen molar-refractivity contribution in [2.24, 2.45) is 0 Å². The zero-order valence-corrected chi connectivity index (χ0v) is 8.82. The van der Waals surface area contributed by atoms with Gasteiger partial charge in [-0.2, -0.15) is 15.0 Å². The van der Waals surface area contributed by atoms with Gasteiger partial charge < -0.3 is 20.5 Å². The first kappa shape index (κ1) is 11.4. The lowest BCUT2D eigenvalue weighted by Gasteiger charge is -2.07. The minimum atomic E-state index is 0.0184. The second-order valence-corrected chi connectivity index (χ2v) is 2.65. The summed E-state index contributed by atoms with van der Waals surface area (Å²) < 4.78 is 4.92. The molecule has 0 bridgehead atoms. The molecule has 1 aromatic rings. The van der Waals surface area contributed by atoms with Crippen LogP contribution < -0.4 is 15.4 Å². The van der Waals surface area contributed by atoms with Gasteiger partial charge in [0.15, 0.2) is 0 Å². The Morgan fingerprint density at radius 3 is 2.40 bits per heavy atom. The zero-order valence-electron chi connectivity index (χ0n) is 8.82. The molecule has 1 aromatic heterocycles. The largest absolute Gasteiger partial charge is 0.467 e. The monoisotopic (exact) mass is 213 g/mol. The third kappa shape index (κ3) is 3.55. The number of anilines is 2. The summed E-state index contributed by atoms with van der Waals surface area (Å²) in [7, 11) is 1.49. The van der Waals surface area contributed by atoms with Crippen molar-refractivity contribution in [1.82, 2.24) is 15.0 Å². The highest BCUT2D eigenvalue weighted by Gasteiger charge is 2.04. The van der Waals surface area contributed by atoms with Gasteiger partial charge in [0.05, 0.1) is 13.7 Å². The van der Waals surface area contributed by atoms with Crippen molar-refractivity contribution in [2.45, 2.75) is 6.92 Å². The van der Waals surface area contributed by atoms with Crippen LogP contribution in [0.3, 0.4) is 0 Å². The summed E-state index contributed by atoms with van der Waals surface area (Å²) in [4.78, 5) is 12.0. The summed E-state index contributed by atoms with van der Waals surface area (Å²) >= 11 is 0. The molecule has 0 aliphatic rings. The van der Waals surface area contributed by atoms with Gasteiger partial charge in [0.25, 0.3) is 0 Å². The van der Waals surface area contributed by atoms with Crippen LogP contribution in [-0.2, 0) is 0 Å². The van der Waals surface area contributed by atoms with E-state index in [-0.39, 0.29) is 12.6 Å². The lowest BCUT2D eigenvalue weighted by Crippen LogP contribution is -2.12. The van der Waals surface area contributed by atoms with E-state index in [1.165, 1.54) is 7.11 Å². The molecule has 84 valence electrons. The molecule has 0 saturated carbocycles. The first-order valence-corrected chi connectivity index (χ1v) is 4.68. The maximum Gasteiger partial charge on any atom is 0.322 e. The first-order chi connectivity index (χ1) is 7.30. The van der Waals surface area contributed by atoms with E-state index in [4.69, 9.17) is 9.84 Å². The third-order valence-electron chi connectivity index (χ3n) is 1.53. The Hall–Kier alpha value is -1.63. The molecule has 1 heterocycles. The standard InChI is InChI=1S/C8H15N5O2/c1-3-9-6-11-7(10-4-5-14)13-8(12-6)15-2/h14H,3-5H2,1-2H3,(H2,9,10,11,12,13). The molecule has 0 radical (unpaired) electrons. The van der Waals surface area contributed by atoms with Crippen molar-refractivity contribution in [1.29, 1.82) is 0 Å². The SMILES string of the molecule is CCNc1nc(NCCO)nc(OC)n1. The van der Waals surface area contributed by atoms with Crippen molar-refractivity contribution >= 4 is 11.9 Å². The average molecular weight is 213 g/mol. The summed E-state index contributed by atoms with van der Waals surface area (Å²) in [6, 6.07) is 0.237. The molecule has 7 nitrogen and oxygen atoms in total. The summed E-state index contributed by atoms with van der Waals surface area (Å²) in [5.41, 5.74) is 0. The van der Waals surface area contributed by atoms with Crippen LogP contribution in [0.1, 0.15) is 6.92 Å². The number of rotatable bonds is 6. The topological polar surface area (TPSA) is 92.2 Å². The van der Waals surface area contributed by atoms with Crippen molar-refractivity contribution in [3.8, 4) is 6.01 Å². The lowest BCUT2D eigenvalue weighted by molar-refractivity contribution is 0.310. The number of hydrogen-bond donors (Lipinski definition) is 3. The van der Waals surface area contributed by atoms with Crippen molar-refractivity contribution in [2.75, 3.05) is 37.4 Å². The van der Waals surface area contributed by atoms with E-state index < -0.39 is 0 Å². The Balaban J connectivity index is 2.79. The third-order valence-corrected chi connectivity index (χ3v) is 1.53. The minimum absolute atomic E-state index is 0.0184. The van der Waals surface area contributed by atoms with Gasteiger partial charge in [-0.1, -0.05) is 0 Å². The van der Waals surface area contributed by atoms with Gasteiger partial charge in [0.2, 0.25) is 11.9 Å². The number of nitrogens with zero attached hydrogens (tertiary/aromatic N) is 3. The molecule has 0 aliphatic carbocycles. The van der Waals surface area contributed by atoms with Gasteiger partial charge in [0, 0.05) is 13.1 Å². The second-order valence-electron chi connectivity index (χ2n) is 2.65. The highest BCUT2D eigenvalue weighted by atomic mass is 16.5. The van der Waals surface area contributed by atoms with Crippen LogP contribution in [0, 0.1) is 0 Å². The molecule has 7 heteroatoms. The Morgan fingerprint density at radius 2 is 1.87 bits per heavy atom. The van der Waals surface area contributed by atoms with Crippen molar-refractivity contribution in [3.05, 3.63) is 0 Å². The molecular formula is C8H15N5O2. The maximum atomic E-state index is 8.65. The Bertz CT molecular complexity index is 307. The number of hydrogen-bond acceptors (Lipinski definition) is 7. The summed E-state index contributed by atoms with van der Waals surface area (Å²) in [6.45, 7) is 3.06. The van der Waals surface area contributed by atoms with E-state index in [1.807, 2.05) is 6.92 Å². The van der Waals surface area contributed by atoms with E-state index in [1.54, 1.807) is 0 Å². The molecule has 0 unspecified atom stereocenters. The van der Waals surface area contributed by atoms with Crippen molar-refractivity contribution < 1.29 is 9.84 Å². The summed E-state index contributed by atoms with van der Waals surface area (Å²) in [5.74, 6) is 0.830. The summed E-state index contributed by atoms with van der Waals surface area (Å²) in [5, 5.41) is 14.4. The van der Waals surface area contributed by atoms with Crippen LogP contribution in [0.4, 0.5) is 11.9 Å².